The molecule has 6 heteroatoms. The van der Waals surface area contributed by atoms with E-state index in [1.807, 2.05) is 38.1 Å². The van der Waals surface area contributed by atoms with E-state index in [1.165, 1.54) is 5.56 Å². The Labute approximate surface area is 163 Å². The number of ether oxygens (including phenoxy) is 1. The van der Waals surface area contributed by atoms with Crippen molar-refractivity contribution < 1.29 is 23.1 Å². The van der Waals surface area contributed by atoms with Gasteiger partial charge in [-0.2, -0.15) is 0 Å². The van der Waals surface area contributed by atoms with Gasteiger partial charge in [0.25, 0.3) is 5.91 Å². The Morgan fingerprint density at radius 1 is 0.929 bits per heavy atom. The van der Waals surface area contributed by atoms with Crippen LogP contribution in [-0.2, 0) is 9.53 Å². The van der Waals surface area contributed by atoms with Crippen LogP contribution < -0.4 is 5.32 Å². The van der Waals surface area contributed by atoms with Gasteiger partial charge in [0.1, 0.15) is 17.2 Å². The second-order valence-electron chi connectivity index (χ2n) is 7.28. The van der Waals surface area contributed by atoms with Gasteiger partial charge in [0.2, 0.25) is 0 Å². The van der Waals surface area contributed by atoms with E-state index in [2.05, 4.69) is 19.2 Å². The number of rotatable bonds is 7. The molecule has 0 saturated heterocycles. The molecular weight excluding hydrogens is 364 g/mol. The molecule has 0 bridgehead atoms. The summed E-state index contributed by atoms with van der Waals surface area (Å²) in [5, 5.41) is 2.81. The van der Waals surface area contributed by atoms with Gasteiger partial charge >= 0.3 is 5.97 Å². The third-order valence-corrected chi connectivity index (χ3v) is 4.45. The molecule has 1 atom stereocenters. The number of hydrogen-bond donors (Lipinski definition) is 1. The number of amides is 1. The lowest BCUT2D eigenvalue weighted by atomic mass is 9.93. The first-order chi connectivity index (χ1) is 13.2. The summed E-state index contributed by atoms with van der Waals surface area (Å²) < 4.78 is 32.0. The van der Waals surface area contributed by atoms with Crippen molar-refractivity contribution in [2.45, 2.75) is 39.7 Å². The predicted molar refractivity (Wildman–Crippen MR) is 103 cm³/mol. The average molecular weight is 389 g/mol. The van der Waals surface area contributed by atoms with Crippen molar-refractivity contribution in [3.8, 4) is 0 Å². The zero-order chi connectivity index (χ0) is 20.8. The lowest BCUT2D eigenvalue weighted by Crippen LogP contribution is -2.35. The van der Waals surface area contributed by atoms with E-state index < -0.39 is 35.7 Å². The first-order valence-corrected chi connectivity index (χ1v) is 9.21. The minimum absolute atomic E-state index is 0.0913. The summed E-state index contributed by atoms with van der Waals surface area (Å²) >= 11 is 0. The molecule has 2 aromatic carbocycles. The molecule has 0 aromatic heterocycles. The van der Waals surface area contributed by atoms with Gasteiger partial charge in [0.15, 0.2) is 6.61 Å². The Morgan fingerprint density at radius 3 is 1.96 bits per heavy atom. The number of carbonyl (C=O) groups excluding carboxylic acids is 2. The lowest BCUT2D eigenvalue weighted by molar-refractivity contribution is -0.125. The van der Waals surface area contributed by atoms with Crippen molar-refractivity contribution >= 4 is 11.9 Å². The zero-order valence-corrected chi connectivity index (χ0v) is 16.5. The van der Waals surface area contributed by atoms with E-state index in [0.717, 1.165) is 23.8 Å². The summed E-state index contributed by atoms with van der Waals surface area (Å²) in [6, 6.07) is 10.7. The van der Waals surface area contributed by atoms with Crippen molar-refractivity contribution in [2.24, 2.45) is 5.92 Å². The van der Waals surface area contributed by atoms with E-state index in [4.69, 9.17) is 4.74 Å². The van der Waals surface area contributed by atoms with Gasteiger partial charge in [0.05, 0.1) is 6.04 Å². The largest absolute Gasteiger partial charge is 0.452 e. The van der Waals surface area contributed by atoms with Gasteiger partial charge in [-0.1, -0.05) is 58.0 Å². The molecule has 0 aliphatic rings. The van der Waals surface area contributed by atoms with Crippen LogP contribution in [0.5, 0.6) is 0 Å². The molecule has 0 fully saturated rings. The Balaban J connectivity index is 2.02. The average Bonchev–Trinajstić information content (AvgIpc) is 2.64. The molecule has 2 rings (SSSR count). The molecular formula is C22H25F2NO3. The Kier molecular flexibility index (Phi) is 7.26. The van der Waals surface area contributed by atoms with E-state index in [1.54, 1.807) is 0 Å². The summed E-state index contributed by atoms with van der Waals surface area (Å²) in [6.07, 6.45) is 0. The highest BCUT2D eigenvalue weighted by Crippen LogP contribution is 2.24. The third-order valence-electron chi connectivity index (χ3n) is 4.45. The third kappa shape index (κ3) is 5.38. The molecule has 0 spiro atoms. The quantitative estimate of drug-likeness (QED) is 0.695. The van der Waals surface area contributed by atoms with Gasteiger partial charge in [0, 0.05) is 0 Å². The number of esters is 1. The van der Waals surface area contributed by atoms with Crippen LogP contribution in [0.4, 0.5) is 8.78 Å². The maximum Gasteiger partial charge on any atom is 0.344 e. The zero-order valence-electron chi connectivity index (χ0n) is 16.5. The highest BCUT2D eigenvalue weighted by Gasteiger charge is 2.22. The normalized spacial score (nSPS) is 12.1. The van der Waals surface area contributed by atoms with Gasteiger partial charge in [-0.05, 0) is 35.1 Å². The monoisotopic (exact) mass is 389 g/mol. The standard InChI is InChI=1S/C22H25F2NO3/c1-13(2)15-8-10-16(11-9-15)21(14(3)4)25-19(26)12-28-22(27)20-17(23)6-5-7-18(20)24/h5-11,13-14,21H,12H2,1-4H3,(H,25,26)/t21-/m1/s1. The minimum atomic E-state index is -1.21. The van der Waals surface area contributed by atoms with Crippen molar-refractivity contribution in [3.05, 3.63) is 70.8 Å². The molecule has 0 saturated carbocycles. The molecule has 28 heavy (non-hydrogen) atoms. The first-order valence-electron chi connectivity index (χ1n) is 9.21. The van der Waals surface area contributed by atoms with Gasteiger partial charge in [-0.25, -0.2) is 13.6 Å². The number of nitrogens with one attached hydrogen (secondary N) is 1. The van der Waals surface area contributed by atoms with E-state index in [0.29, 0.717) is 5.92 Å². The Hall–Kier alpha value is -2.76. The van der Waals surface area contributed by atoms with Crippen molar-refractivity contribution in [1.29, 1.82) is 0 Å². The van der Waals surface area contributed by atoms with Crippen LogP contribution in [0.3, 0.4) is 0 Å². The molecule has 0 unspecified atom stereocenters. The van der Waals surface area contributed by atoms with Gasteiger partial charge < -0.3 is 10.1 Å². The molecule has 0 aliphatic carbocycles. The van der Waals surface area contributed by atoms with Crippen molar-refractivity contribution in [2.75, 3.05) is 6.61 Å². The highest BCUT2D eigenvalue weighted by molar-refractivity contribution is 5.91. The number of halogens is 2. The summed E-state index contributed by atoms with van der Waals surface area (Å²) in [4.78, 5) is 24.1. The molecule has 0 aliphatic heterocycles. The first kappa shape index (κ1) is 21.5. The predicted octanol–water partition coefficient (Wildman–Crippen LogP) is 4.76. The second-order valence-corrected chi connectivity index (χ2v) is 7.28. The molecule has 1 amide bonds. The van der Waals surface area contributed by atoms with Gasteiger partial charge in [-0.3, -0.25) is 4.79 Å². The van der Waals surface area contributed by atoms with E-state index in [9.17, 15) is 18.4 Å². The maximum absolute atomic E-state index is 13.6. The number of hydrogen-bond acceptors (Lipinski definition) is 3. The maximum atomic E-state index is 13.6. The SMILES string of the molecule is CC(C)c1ccc([C@H](NC(=O)COC(=O)c2c(F)cccc2F)C(C)C)cc1. The topological polar surface area (TPSA) is 55.4 Å². The molecule has 150 valence electrons. The highest BCUT2D eigenvalue weighted by atomic mass is 19.1. The fraction of sp³-hybridized carbons (Fsp3) is 0.364. The van der Waals surface area contributed by atoms with Crippen LogP contribution in [0, 0.1) is 17.6 Å². The van der Waals surface area contributed by atoms with Crippen molar-refractivity contribution in [3.63, 3.8) is 0 Å². The van der Waals surface area contributed by atoms with E-state index in [-0.39, 0.29) is 12.0 Å². The minimum Gasteiger partial charge on any atom is -0.452 e. The van der Waals surface area contributed by atoms with Crippen LogP contribution in [0.25, 0.3) is 0 Å². The van der Waals surface area contributed by atoms with Crippen LogP contribution in [0.1, 0.15) is 61.1 Å². The van der Waals surface area contributed by atoms with Gasteiger partial charge in [-0.15, -0.1) is 0 Å². The smallest absolute Gasteiger partial charge is 0.344 e. The fourth-order valence-electron chi connectivity index (χ4n) is 2.83. The van der Waals surface area contributed by atoms with Crippen LogP contribution in [0.2, 0.25) is 0 Å². The summed E-state index contributed by atoms with van der Waals surface area (Å²) in [5.41, 5.74) is 1.32. The Bertz CT molecular complexity index is 812. The number of carbonyl (C=O) groups is 2. The molecule has 0 heterocycles. The van der Waals surface area contributed by atoms with Crippen molar-refractivity contribution in [1.82, 2.24) is 5.32 Å². The second kappa shape index (κ2) is 9.44. The fourth-order valence-corrected chi connectivity index (χ4v) is 2.83. The van der Waals surface area contributed by atoms with E-state index >= 15 is 0 Å². The summed E-state index contributed by atoms with van der Waals surface area (Å²) in [6.45, 7) is 7.50. The molecule has 2 aromatic rings. The molecule has 4 nitrogen and oxygen atoms in total. The Morgan fingerprint density at radius 2 is 1.46 bits per heavy atom. The van der Waals surface area contributed by atoms with Crippen LogP contribution in [0.15, 0.2) is 42.5 Å². The number of benzene rings is 2. The summed E-state index contributed by atoms with van der Waals surface area (Å²) in [7, 11) is 0. The molecule has 1 N–H and O–H groups in total. The lowest BCUT2D eigenvalue weighted by Gasteiger charge is -2.23. The molecule has 0 radical (unpaired) electrons. The van der Waals surface area contributed by atoms with Crippen LogP contribution in [-0.4, -0.2) is 18.5 Å². The van der Waals surface area contributed by atoms with Crippen LogP contribution >= 0.6 is 0 Å². The summed E-state index contributed by atoms with van der Waals surface area (Å²) in [5.74, 6) is -3.33.